The Labute approximate surface area is 158 Å². The molecular weight excluding hydrogens is 348 g/mol. The zero-order valence-corrected chi connectivity index (χ0v) is 15.3. The van der Waals surface area contributed by atoms with Gasteiger partial charge in [0.25, 0.3) is 0 Å². The summed E-state index contributed by atoms with van der Waals surface area (Å²) in [6.45, 7) is 1.21. The SMILES string of the molecule is N=C(N)C1C=CC(C2=NOC3(CCN(C(=O)CCCC(=O)O)CC3)C2)=CC1. The number of likely N-dealkylation sites (tertiary alicyclic amines) is 1. The Morgan fingerprint density at radius 1 is 1.37 bits per heavy atom. The highest BCUT2D eigenvalue weighted by Gasteiger charge is 2.43. The lowest BCUT2D eigenvalue weighted by molar-refractivity contribution is -0.138. The van der Waals surface area contributed by atoms with Crippen LogP contribution in [-0.2, 0) is 14.4 Å². The first kappa shape index (κ1) is 19.1. The fraction of sp³-hybridized carbons (Fsp3) is 0.579. The average Bonchev–Trinajstić information content (AvgIpc) is 3.05. The van der Waals surface area contributed by atoms with E-state index in [2.05, 4.69) is 5.16 Å². The van der Waals surface area contributed by atoms with E-state index >= 15 is 0 Å². The predicted molar refractivity (Wildman–Crippen MR) is 100 cm³/mol. The first-order valence-corrected chi connectivity index (χ1v) is 9.36. The van der Waals surface area contributed by atoms with Crippen LogP contribution in [0.3, 0.4) is 0 Å². The third-order valence-electron chi connectivity index (χ3n) is 5.48. The van der Waals surface area contributed by atoms with Gasteiger partial charge in [-0.05, 0) is 18.4 Å². The topological polar surface area (TPSA) is 129 Å². The second-order valence-corrected chi connectivity index (χ2v) is 7.43. The second kappa shape index (κ2) is 7.94. The molecule has 1 aliphatic carbocycles. The van der Waals surface area contributed by atoms with Crippen LogP contribution in [-0.4, -0.2) is 52.1 Å². The molecule has 1 amide bonds. The van der Waals surface area contributed by atoms with Crippen LogP contribution in [0.2, 0.25) is 0 Å². The fourth-order valence-electron chi connectivity index (χ4n) is 3.72. The van der Waals surface area contributed by atoms with Crippen molar-refractivity contribution in [1.29, 1.82) is 5.41 Å². The normalized spacial score (nSPS) is 23.6. The molecule has 0 aromatic rings. The lowest BCUT2D eigenvalue weighted by Crippen LogP contribution is -2.46. The van der Waals surface area contributed by atoms with E-state index in [0.29, 0.717) is 25.9 Å². The summed E-state index contributed by atoms with van der Waals surface area (Å²) < 4.78 is 0. The van der Waals surface area contributed by atoms with Gasteiger partial charge < -0.3 is 20.6 Å². The lowest BCUT2D eigenvalue weighted by Gasteiger charge is -2.37. The number of nitrogens with two attached hydrogens (primary N) is 1. The molecule has 1 spiro atoms. The molecular formula is C19H26N4O4. The first-order valence-electron chi connectivity index (χ1n) is 9.36. The van der Waals surface area contributed by atoms with Crippen molar-refractivity contribution >= 4 is 23.4 Å². The highest BCUT2D eigenvalue weighted by molar-refractivity contribution is 6.04. The number of carbonyl (C=O) groups is 2. The maximum absolute atomic E-state index is 12.2. The van der Waals surface area contributed by atoms with Gasteiger partial charge in [-0.15, -0.1) is 0 Å². The van der Waals surface area contributed by atoms with E-state index in [0.717, 1.165) is 30.5 Å². The molecule has 2 heterocycles. The number of amidine groups is 1. The van der Waals surface area contributed by atoms with E-state index in [4.69, 9.17) is 21.1 Å². The van der Waals surface area contributed by atoms with Gasteiger partial charge in [0.05, 0.1) is 11.5 Å². The first-order chi connectivity index (χ1) is 12.9. The molecule has 146 valence electrons. The van der Waals surface area contributed by atoms with Crippen LogP contribution in [0.15, 0.2) is 29.0 Å². The van der Waals surface area contributed by atoms with Crippen molar-refractivity contribution < 1.29 is 19.5 Å². The summed E-state index contributed by atoms with van der Waals surface area (Å²) in [6.07, 6.45) is 9.47. The molecule has 1 saturated heterocycles. The molecule has 1 atom stereocenters. The molecule has 0 bridgehead atoms. The van der Waals surface area contributed by atoms with Crippen molar-refractivity contribution in [2.24, 2.45) is 16.8 Å². The third-order valence-corrected chi connectivity index (χ3v) is 5.48. The summed E-state index contributed by atoms with van der Waals surface area (Å²) in [4.78, 5) is 30.3. The van der Waals surface area contributed by atoms with Gasteiger partial charge in [-0.3, -0.25) is 15.0 Å². The van der Waals surface area contributed by atoms with Gasteiger partial charge in [0.2, 0.25) is 5.91 Å². The van der Waals surface area contributed by atoms with Crippen molar-refractivity contribution in [2.75, 3.05) is 13.1 Å². The summed E-state index contributed by atoms with van der Waals surface area (Å²) in [5.74, 6) is -0.729. The fourth-order valence-corrected chi connectivity index (χ4v) is 3.72. The Bertz CT molecular complexity index is 717. The van der Waals surface area contributed by atoms with E-state index in [1.807, 2.05) is 18.2 Å². The van der Waals surface area contributed by atoms with Gasteiger partial charge in [0, 0.05) is 51.1 Å². The Kier molecular flexibility index (Phi) is 5.62. The maximum Gasteiger partial charge on any atom is 0.303 e. The highest BCUT2D eigenvalue weighted by atomic mass is 16.7. The number of carbonyl (C=O) groups excluding carboxylic acids is 1. The quantitative estimate of drug-likeness (QED) is 0.482. The maximum atomic E-state index is 12.2. The molecule has 0 radical (unpaired) electrons. The van der Waals surface area contributed by atoms with E-state index in [9.17, 15) is 9.59 Å². The summed E-state index contributed by atoms with van der Waals surface area (Å²) in [5.41, 5.74) is 7.14. The van der Waals surface area contributed by atoms with E-state index in [1.54, 1.807) is 4.90 Å². The summed E-state index contributed by atoms with van der Waals surface area (Å²) in [5, 5.41) is 20.5. The number of rotatable bonds is 6. The second-order valence-electron chi connectivity index (χ2n) is 7.43. The Morgan fingerprint density at radius 3 is 2.70 bits per heavy atom. The minimum atomic E-state index is -0.870. The van der Waals surface area contributed by atoms with Crippen LogP contribution in [0.5, 0.6) is 0 Å². The number of amides is 1. The Balaban J connectivity index is 1.48. The number of oxime groups is 1. The van der Waals surface area contributed by atoms with Gasteiger partial charge in [-0.25, -0.2) is 0 Å². The number of allylic oxidation sites excluding steroid dienone is 3. The largest absolute Gasteiger partial charge is 0.481 e. The molecule has 1 unspecified atom stereocenters. The minimum absolute atomic E-state index is 0.0124. The van der Waals surface area contributed by atoms with Crippen molar-refractivity contribution in [3.05, 3.63) is 23.8 Å². The molecule has 3 aliphatic rings. The van der Waals surface area contributed by atoms with Gasteiger partial charge in [0.15, 0.2) is 0 Å². The average molecular weight is 374 g/mol. The Hall–Kier alpha value is -2.64. The van der Waals surface area contributed by atoms with Crippen molar-refractivity contribution in [1.82, 2.24) is 4.90 Å². The van der Waals surface area contributed by atoms with E-state index in [-0.39, 0.29) is 36.1 Å². The molecule has 0 aromatic heterocycles. The van der Waals surface area contributed by atoms with E-state index in [1.165, 1.54) is 0 Å². The molecule has 8 nitrogen and oxygen atoms in total. The lowest BCUT2D eigenvalue weighted by atomic mass is 9.84. The summed E-state index contributed by atoms with van der Waals surface area (Å²) in [6, 6.07) is 0. The van der Waals surface area contributed by atoms with Crippen LogP contribution >= 0.6 is 0 Å². The number of carboxylic acids is 1. The molecule has 8 heteroatoms. The minimum Gasteiger partial charge on any atom is -0.481 e. The van der Waals surface area contributed by atoms with Gasteiger partial charge in [0.1, 0.15) is 5.60 Å². The van der Waals surface area contributed by atoms with Crippen molar-refractivity contribution in [3.8, 4) is 0 Å². The number of piperidine rings is 1. The highest BCUT2D eigenvalue weighted by Crippen LogP contribution is 2.37. The molecule has 1 fully saturated rings. The molecule has 2 aliphatic heterocycles. The molecule has 27 heavy (non-hydrogen) atoms. The zero-order valence-electron chi connectivity index (χ0n) is 15.3. The van der Waals surface area contributed by atoms with Crippen LogP contribution < -0.4 is 5.73 Å². The number of hydrogen-bond acceptors (Lipinski definition) is 5. The standard InChI is InChI=1S/C19H26N4O4/c20-18(21)14-6-4-13(5-7-14)15-12-19(27-22-15)8-10-23(11-9-19)16(24)2-1-3-17(25)26/h4-6,14H,1-3,7-12H2,(H3,20,21)(H,25,26). The number of carboxylic acid groups (broad SMARTS) is 1. The number of aliphatic carboxylic acids is 1. The number of nitrogens with zero attached hydrogens (tertiary/aromatic N) is 2. The third kappa shape index (κ3) is 4.56. The van der Waals surface area contributed by atoms with Gasteiger partial charge >= 0.3 is 5.97 Å². The van der Waals surface area contributed by atoms with Crippen LogP contribution in [0.4, 0.5) is 0 Å². The van der Waals surface area contributed by atoms with Crippen LogP contribution in [0, 0.1) is 11.3 Å². The molecule has 3 rings (SSSR count). The molecule has 0 saturated carbocycles. The summed E-state index contributed by atoms with van der Waals surface area (Å²) in [7, 11) is 0. The molecule has 0 aromatic carbocycles. The van der Waals surface area contributed by atoms with Crippen molar-refractivity contribution in [3.63, 3.8) is 0 Å². The van der Waals surface area contributed by atoms with Crippen LogP contribution in [0.25, 0.3) is 0 Å². The molecule has 4 N–H and O–H groups in total. The monoisotopic (exact) mass is 374 g/mol. The number of nitrogens with one attached hydrogen (secondary N) is 1. The van der Waals surface area contributed by atoms with Crippen LogP contribution in [0.1, 0.15) is 44.9 Å². The summed E-state index contributed by atoms with van der Waals surface area (Å²) >= 11 is 0. The number of hydrogen-bond donors (Lipinski definition) is 3. The smallest absolute Gasteiger partial charge is 0.303 e. The predicted octanol–water partition coefficient (Wildman–Crippen LogP) is 1.82. The van der Waals surface area contributed by atoms with Gasteiger partial charge in [-0.2, -0.15) is 0 Å². The van der Waals surface area contributed by atoms with Gasteiger partial charge in [-0.1, -0.05) is 23.4 Å². The van der Waals surface area contributed by atoms with Crippen molar-refractivity contribution in [2.45, 2.75) is 50.5 Å². The van der Waals surface area contributed by atoms with E-state index < -0.39 is 5.97 Å². The Morgan fingerprint density at radius 2 is 2.11 bits per heavy atom. The zero-order chi connectivity index (χ0) is 19.4.